The Morgan fingerprint density at radius 2 is 1.42 bits per heavy atom. The Balaban J connectivity index is 0.760. The zero-order valence-electron chi connectivity index (χ0n) is 38.2. The number of carbonyl (C=O) groups is 6. The summed E-state index contributed by atoms with van der Waals surface area (Å²) in [6.07, 6.45) is 4.08. The van der Waals surface area contributed by atoms with Gasteiger partial charge in [0.1, 0.15) is 17.7 Å². The number of fused-ring (bicyclic) bond motifs is 1. The number of likely N-dealkylation sites (tertiary alicyclic amines) is 1. The minimum absolute atomic E-state index is 0.0431. The number of aromatic amines is 1. The van der Waals surface area contributed by atoms with E-state index in [1.165, 1.54) is 12.1 Å². The number of nitrogens with zero attached hydrogens (tertiary/aromatic N) is 4. The number of hydrogen-bond acceptors (Lipinski definition) is 10. The van der Waals surface area contributed by atoms with Crippen LogP contribution in [0.4, 0.5) is 26.0 Å². The maximum absolute atomic E-state index is 14.0. The van der Waals surface area contributed by atoms with E-state index in [0.29, 0.717) is 91.6 Å². The number of hydrogen-bond donors (Lipinski definition) is 5. The summed E-state index contributed by atoms with van der Waals surface area (Å²) in [5, 5.41) is 19.5. The average Bonchev–Trinajstić information content (AvgIpc) is 3.75. The minimum atomic E-state index is -0.745. The van der Waals surface area contributed by atoms with Crippen molar-refractivity contribution in [1.82, 2.24) is 30.6 Å². The fourth-order valence-electron chi connectivity index (χ4n) is 9.68. The van der Waals surface area contributed by atoms with E-state index in [1.807, 2.05) is 52.3 Å². The molecule has 4 fully saturated rings. The van der Waals surface area contributed by atoms with Gasteiger partial charge in [-0.1, -0.05) is 18.2 Å². The Bertz CT molecular complexity index is 2720. The van der Waals surface area contributed by atoms with E-state index in [0.717, 1.165) is 48.6 Å². The SMILES string of the molecule is O=C1CCC(NC(=O)c2ccc(C3CCN(C(=O)CCC(=O)N4CCN(c5ccc(C(=O)Nc6n[nH]c7ccc(Cc8cc(F)cc(F)c8)cc67)c(NC6CCOCC6)c5)CC4)CC3)cc2)C(=O)N1. The maximum Gasteiger partial charge on any atom is 0.258 e. The molecule has 9 rings (SSSR count). The van der Waals surface area contributed by atoms with Gasteiger partial charge in [-0.2, -0.15) is 5.10 Å². The molecule has 1 unspecified atom stereocenters. The third-order valence-corrected chi connectivity index (χ3v) is 13.6. The molecular formula is C51H55F2N9O7. The molecule has 0 spiro atoms. The largest absolute Gasteiger partial charge is 0.381 e. The van der Waals surface area contributed by atoms with E-state index >= 15 is 0 Å². The van der Waals surface area contributed by atoms with Gasteiger partial charge in [-0.3, -0.25) is 39.2 Å². The second-order valence-corrected chi connectivity index (χ2v) is 18.2. The van der Waals surface area contributed by atoms with Crippen molar-refractivity contribution in [1.29, 1.82) is 0 Å². The van der Waals surface area contributed by atoms with E-state index in [4.69, 9.17) is 4.74 Å². The monoisotopic (exact) mass is 943 g/mol. The molecule has 1 aromatic heterocycles. The number of imide groups is 1. The molecule has 69 heavy (non-hydrogen) atoms. The quantitative estimate of drug-likeness (QED) is 0.0921. The molecule has 5 heterocycles. The van der Waals surface area contributed by atoms with Crippen LogP contribution in [0.2, 0.25) is 0 Å². The van der Waals surface area contributed by atoms with Crippen molar-refractivity contribution in [3.8, 4) is 0 Å². The molecule has 6 amide bonds. The normalized spacial score (nSPS) is 18.2. The number of nitrogens with one attached hydrogen (secondary N) is 5. The number of piperazine rings is 1. The Kier molecular flexibility index (Phi) is 14.3. The summed E-state index contributed by atoms with van der Waals surface area (Å²) in [5.74, 6) is -2.43. The van der Waals surface area contributed by atoms with Gasteiger partial charge in [0.2, 0.25) is 23.6 Å². The summed E-state index contributed by atoms with van der Waals surface area (Å²) < 4.78 is 33.4. The first-order valence-electron chi connectivity index (χ1n) is 23.7. The molecule has 360 valence electrons. The molecule has 4 saturated heterocycles. The van der Waals surface area contributed by atoms with Gasteiger partial charge in [-0.05, 0) is 116 Å². The first-order chi connectivity index (χ1) is 33.4. The first-order valence-corrected chi connectivity index (χ1v) is 23.7. The van der Waals surface area contributed by atoms with Crippen molar-refractivity contribution in [2.24, 2.45) is 0 Å². The van der Waals surface area contributed by atoms with E-state index in [1.54, 1.807) is 18.2 Å². The van der Waals surface area contributed by atoms with Crippen molar-refractivity contribution < 1.29 is 42.3 Å². The second kappa shape index (κ2) is 21.0. The number of piperidine rings is 2. The number of H-pyrrole nitrogens is 1. The van der Waals surface area contributed by atoms with Gasteiger partial charge in [-0.15, -0.1) is 0 Å². The Morgan fingerprint density at radius 1 is 0.725 bits per heavy atom. The van der Waals surface area contributed by atoms with Gasteiger partial charge in [0.25, 0.3) is 11.8 Å². The van der Waals surface area contributed by atoms with E-state index in [9.17, 15) is 37.5 Å². The van der Waals surface area contributed by atoms with Crippen molar-refractivity contribution in [2.75, 3.05) is 68.0 Å². The van der Waals surface area contributed by atoms with Crippen LogP contribution in [0.25, 0.3) is 10.9 Å². The summed E-state index contributed by atoms with van der Waals surface area (Å²) in [6, 6.07) is 21.2. The molecule has 4 aromatic carbocycles. The minimum Gasteiger partial charge on any atom is -0.381 e. The summed E-state index contributed by atoms with van der Waals surface area (Å²) >= 11 is 0. The predicted octanol–water partition coefficient (Wildman–Crippen LogP) is 5.65. The number of ether oxygens (including phenoxy) is 1. The van der Waals surface area contributed by atoms with Crippen LogP contribution in [0.15, 0.2) is 78.9 Å². The molecule has 0 radical (unpaired) electrons. The molecule has 0 bridgehead atoms. The average molecular weight is 944 g/mol. The standard InChI is InChI=1S/C51H55F2N9O7/c52-36-26-32(27-37(53)29-36)25-31-1-8-42-41(28-31)48(59-58-42)57-50(67)40-7-6-39(30-44(40)54-38-15-23-69-24-16-38)60-19-21-62(22-20-60)47(65)12-11-46(64)61-17-13-34(14-18-61)33-2-4-35(5-3-33)49(66)55-43-9-10-45(63)56-51(43)68/h1-8,26-30,34,38,43,54H,9-25H2,(H,55,66)(H,56,63,68)(H2,57,58,59,67). The van der Waals surface area contributed by atoms with Crippen molar-refractivity contribution in [2.45, 2.75) is 75.8 Å². The zero-order chi connectivity index (χ0) is 48.0. The summed E-state index contributed by atoms with van der Waals surface area (Å²) in [6.45, 7) is 4.50. The highest BCUT2D eigenvalue weighted by atomic mass is 19.1. The van der Waals surface area contributed by atoms with Crippen LogP contribution >= 0.6 is 0 Å². The van der Waals surface area contributed by atoms with E-state index in [2.05, 4.69) is 36.4 Å². The third-order valence-electron chi connectivity index (χ3n) is 13.6. The molecule has 18 heteroatoms. The van der Waals surface area contributed by atoms with Gasteiger partial charge in [0.15, 0.2) is 5.82 Å². The Hall–Kier alpha value is -7.21. The number of amides is 6. The molecule has 1 atom stereocenters. The molecular weight excluding hydrogens is 889 g/mol. The third kappa shape index (κ3) is 11.4. The lowest BCUT2D eigenvalue weighted by molar-refractivity contribution is -0.137. The van der Waals surface area contributed by atoms with Gasteiger partial charge < -0.3 is 35.4 Å². The highest BCUT2D eigenvalue weighted by Crippen LogP contribution is 2.31. The lowest BCUT2D eigenvalue weighted by Gasteiger charge is -2.37. The number of aromatic nitrogens is 2. The number of carbonyl (C=O) groups excluding carboxylic acids is 6. The van der Waals surface area contributed by atoms with Gasteiger partial charge in [0.05, 0.1) is 11.1 Å². The van der Waals surface area contributed by atoms with Crippen molar-refractivity contribution in [3.63, 3.8) is 0 Å². The molecule has 16 nitrogen and oxygen atoms in total. The number of anilines is 3. The Labute approximate surface area is 397 Å². The van der Waals surface area contributed by atoms with Crippen LogP contribution in [-0.2, 0) is 30.3 Å². The van der Waals surface area contributed by atoms with Gasteiger partial charge >= 0.3 is 0 Å². The lowest BCUT2D eigenvalue weighted by atomic mass is 9.88. The van der Waals surface area contributed by atoms with Crippen LogP contribution in [-0.4, -0.2) is 120 Å². The number of rotatable bonds is 13. The van der Waals surface area contributed by atoms with Crippen LogP contribution in [0, 0.1) is 11.6 Å². The van der Waals surface area contributed by atoms with Crippen molar-refractivity contribution >= 4 is 63.5 Å². The zero-order valence-corrected chi connectivity index (χ0v) is 38.2. The van der Waals surface area contributed by atoms with Gasteiger partial charge in [0, 0.05) is 106 Å². The molecule has 5 N–H and O–H groups in total. The van der Waals surface area contributed by atoms with Crippen LogP contribution in [0.5, 0.6) is 0 Å². The smallest absolute Gasteiger partial charge is 0.258 e. The van der Waals surface area contributed by atoms with E-state index in [-0.39, 0.29) is 73.6 Å². The highest BCUT2D eigenvalue weighted by molar-refractivity contribution is 6.11. The molecule has 0 aliphatic carbocycles. The predicted molar refractivity (Wildman–Crippen MR) is 254 cm³/mol. The summed E-state index contributed by atoms with van der Waals surface area (Å²) in [5.41, 5.74) is 5.46. The fraction of sp³-hybridized carbons (Fsp3) is 0.392. The first kappa shape index (κ1) is 46.9. The number of halogens is 2. The second-order valence-electron chi connectivity index (χ2n) is 18.2. The van der Waals surface area contributed by atoms with E-state index < -0.39 is 23.6 Å². The fourth-order valence-corrected chi connectivity index (χ4v) is 9.68. The van der Waals surface area contributed by atoms with Crippen LogP contribution in [0.3, 0.4) is 0 Å². The Morgan fingerprint density at radius 3 is 2.12 bits per heavy atom. The lowest BCUT2D eigenvalue weighted by Crippen LogP contribution is -2.52. The van der Waals surface area contributed by atoms with Gasteiger partial charge in [-0.25, -0.2) is 8.78 Å². The number of benzene rings is 4. The van der Waals surface area contributed by atoms with Crippen LogP contribution < -0.4 is 26.2 Å². The maximum atomic E-state index is 14.0. The highest BCUT2D eigenvalue weighted by Gasteiger charge is 2.30. The summed E-state index contributed by atoms with van der Waals surface area (Å²) in [4.78, 5) is 82.8. The topological polar surface area (TPSA) is 198 Å². The molecule has 5 aromatic rings. The molecule has 4 aliphatic heterocycles. The molecule has 0 saturated carbocycles. The van der Waals surface area contributed by atoms with Crippen molar-refractivity contribution in [3.05, 3.63) is 118 Å². The summed E-state index contributed by atoms with van der Waals surface area (Å²) in [7, 11) is 0. The van der Waals surface area contributed by atoms with Crippen LogP contribution in [0.1, 0.15) is 94.7 Å². The molecule has 4 aliphatic rings.